The summed E-state index contributed by atoms with van der Waals surface area (Å²) < 4.78 is 0. The number of piperazine rings is 1. The van der Waals surface area contributed by atoms with Gasteiger partial charge in [-0.1, -0.05) is 0 Å². The predicted molar refractivity (Wildman–Crippen MR) is 70.4 cm³/mol. The van der Waals surface area contributed by atoms with Gasteiger partial charge in [-0.25, -0.2) is 0 Å². The van der Waals surface area contributed by atoms with E-state index in [1.807, 2.05) is 0 Å². The highest BCUT2D eigenvalue weighted by Crippen LogP contribution is 2.26. The van der Waals surface area contributed by atoms with E-state index in [1.54, 1.807) is 0 Å². The Morgan fingerprint density at radius 3 is 3.00 bits per heavy atom. The van der Waals surface area contributed by atoms with E-state index in [2.05, 4.69) is 20.9 Å². The molecule has 1 amide bonds. The topological polar surface area (TPSA) is 56.4 Å². The summed E-state index contributed by atoms with van der Waals surface area (Å²) >= 11 is 0. The molecule has 18 heavy (non-hydrogen) atoms. The van der Waals surface area contributed by atoms with Crippen LogP contribution in [-0.4, -0.2) is 61.7 Å². The third kappa shape index (κ3) is 2.68. The maximum atomic E-state index is 12.1. The third-order valence-electron chi connectivity index (χ3n) is 4.52. The van der Waals surface area contributed by atoms with Crippen molar-refractivity contribution in [2.75, 3.05) is 32.7 Å². The van der Waals surface area contributed by atoms with Gasteiger partial charge >= 0.3 is 0 Å². The second-order valence-electron chi connectivity index (χ2n) is 5.77. The van der Waals surface area contributed by atoms with Gasteiger partial charge in [0.2, 0.25) is 5.91 Å². The lowest BCUT2D eigenvalue weighted by Crippen LogP contribution is -2.58. The highest BCUT2D eigenvalue weighted by Gasteiger charge is 2.33. The SMILES string of the molecule is O=C(NC1CCN2CCCC2C1)C1CNCCN1. The minimum absolute atomic E-state index is 0.0413. The molecule has 0 bridgehead atoms. The molecule has 0 aliphatic carbocycles. The molecule has 3 saturated heterocycles. The Kier molecular flexibility index (Phi) is 3.82. The molecule has 3 unspecified atom stereocenters. The van der Waals surface area contributed by atoms with Crippen molar-refractivity contribution >= 4 is 5.91 Å². The number of rotatable bonds is 2. The van der Waals surface area contributed by atoms with Crippen molar-refractivity contribution in [2.24, 2.45) is 0 Å². The fourth-order valence-corrected chi connectivity index (χ4v) is 3.50. The minimum Gasteiger partial charge on any atom is -0.352 e. The maximum absolute atomic E-state index is 12.1. The molecule has 3 aliphatic rings. The maximum Gasteiger partial charge on any atom is 0.238 e. The molecule has 3 aliphatic heterocycles. The average molecular weight is 252 g/mol. The van der Waals surface area contributed by atoms with Gasteiger partial charge < -0.3 is 20.9 Å². The zero-order valence-electron chi connectivity index (χ0n) is 11.0. The first-order valence-electron chi connectivity index (χ1n) is 7.31. The van der Waals surface area contributed by atoms with Crippen molar-refractivity contribution in [3.63, 3.8) is 0 Å². The molecule has 3 atom stereocenters. The highest BCUT2D eigenvalue weighted by atomic mass is 16.2. The molecule has 0 spiro atoms. The molecular formula is C13H24N4O. The number of hydrogen-bond donors (Lipinski definition) is 3. The van der Waals surface area contributed by atoms with E-state index in [1.165, 1.54) is 19.4 Å². The summed E-state index contributed by atoms with van der Waals surface area (Å²) in [5.74, 6) is 0.179. The second kappa shape index (κ2) is 5.55. The molecular weight excluding hydrogens is 228 g/mol. The van der Waals surface area contributed by atoms with Crippen molar-refractivity contribution in [3.05, 3.63) is 0 Å². The number of fused-ring (bicyclic) bond motifs is 1. The van der Waals surface area contributed by atoms with Crippen molar-refractivity contribution in [1.82, 2.24) is 20.9 Å². The zero-order chi connectivity index (χ0) is 12.4. The Morgan fingerprint density at radius 1 is 1.22 bits per heavy atom. The largest absolute Gasteiger partial charge is 0.352 e. The normalized spacial score (nSPS) is 37.2. The molecule has 3 heterocycles. The molecule has 0 radical (unpaired) electrons. The molecule has 0 aromatic rings. The Bertz CT molecular complexity index is 303. The minimum atomic E-state index is -0.0413. The van der Waals surface area contributed by atoms with Crippen LogP contribution in [0.15, 0.2) is 0 Å². The van der Waals surface area contributed by atoms with Crippen LogP contribution in [0.25, 0.3) is 0 Å². The van der Waals surface area contributed by atoms with Gasteiger partial charge in [0.05, 0.1) is 6.04 Å². The van der Waals surface area contributed by atoms with Crippen LogP contribution in [-0.2, 0) is 4.79 Å². The summed E-state index contributed by atoms with van der Waals surface area (Å²) in [5, 5.41) is 9.76. The quantitative estimate of drug-likeness (QED) is 0.608. The molecule has 102 valence electrons. The Labute approximate surface area is 109 Å². The van der Waals surface area contributed by atoms with Gasteiger partial charge in [-0.3, -0.25) is 4.79 Å². The fraction of sp³-hybridized carbons (Fsp3) is 0.923. The van der Waals surface area contributed by atoms with E-state index >= 15 is 0 Å². The summed E-state index contributed by atoms with van der Waals surface area (Å²) in [6.45, 7) is 5.03. The standard InChI is InChI=1S/C13H24N4O/c18-13(12-9-14-4-5-15-12)16-10-3-7-17-6-1-2-11(17)8-10/h10-12,14-15H,1-9H2,(H,16,18). The lowest BCUT2D eigenvalue weighted by molar-refractivity contribution is -0.124. The third-order valence-corrected chi connectivity index (χ3v) is 4.52. The second-order valence-corrected chi connectivity index (χ2v) is 5.77. The van der Waals surface area contributed by atoms with Gasteiger partial charge in [-0.15, -0.1) is 0 Å². The van der Waals surface area contributed by atoms with Gasteiger partial charge in [0.25, 0.3) is 0 Å². The van der Waals surface area contributed by atoms with E-state index in [9.17, 15) is 4.79 Å². The summed E-state index contributed by atoms with van der Waals surface area (Å²) in [6.07, 6.45) is 4.91. The highest BCUT2D eigenvalue weighted by molar-refractivity contribution is 5.82. The molecule has 0 aromatic heterocycles. The van der Waals surface area contributed by atoms with Crippen LogP contribution < -0.4 is 16.0 Å². The van der Waals surface area contributed by atoms with Crippen LogP contribution in [0.3, 0.4) is 0 Å². The number of nitrogens with one attached hydrogen (secondary N) is 3. The smallest absolute Gasteiger partial charge is 0.238 e. The monoisotopic (exact) mass is 252 g/mol. The zero-order valence-corrected chi connectivity index (χ0v) is 11.0. The summed E-state index contributed by atoms with van der Waals surface area (Å²) in [6, 6.07) is 1.07. The van der Waals surface area contributed by atoms with Crippen LogP contribution in [0.4, 0.5) is 0 Å². The van der Waals surface area contributed by atoms with Crippen molar-refractivity contribution in [1.29, 1.82) is 0 Å². The number of carbonyl (C=O) groups excluding carboxylic acids is 1. The Hall–Kier alpha value is -0.650. The fourth-order valence-electron chi connectivity index (χ4n) is 3.50. The summed E-state index contributed by atoms with van der Waals surface area (Å²) in [5.41, 5.74) is 0. The summed E-state index contributed by atoms with van der Waals surface area (Å²) in [7, 11) is 0. The summed E-state index contributed by atoms with van der Waals surface area (Å²) in [4.78, 5) is 14.7. The first-order valence-corrected chi connectivity index (χ1v) is 7.31. The molecule has 0 aromatic carbocycles. The predicted octanol–water partition coefficient (Wildman–Crippen LogP) is -0.709. The van der Waals surface area contributed by atoms with Crippen LogP contribution in [0.5, 0.6) is 0 Å². The van der Waals surface area contributed by atoms with Crippen molar-refractivity contribution < 1.29 is 4.79 Å². The van der Waals surface area contributed by atoms with Crippen LogP contribution in [0.2, 0.25) is 0 Å². The molecule has 3 N–H and O–H groups in total. The number of nitrogens with zero attached hydrogens (tertiary/aromatic N) is 1. The molecule has 3 fully saturated rings. The van der Waals surface area contributed by atoms with Gasteiger partial charge in [0.1, 0.15) is 0 Å². The first-order chi connectivity index (χ1) is 8.83. The van der Waals surface area contributed by atoms with E-state index in [-0.39, 0.29) is 11.9 Å². The lowest BCUT2D eigenvalue weighted by atomic mass is 9.97. The van der Waals surface area contributed by atoms with Gasteiger partial charge in [-0.05, 0) is 32.2 Å². The first kappa shape index (κ1) is 12.4. The van der Waals surface area contributed by atoms with Crippen molar-refractivity contribution in [3.8, 4) is 0 Å². The Balaban J connectivity index is 1.48. The van der Waals surface area contributed by atoms with E-state index in [4.69, 9.17) is 0 Å². The van der Waals surface area contributed by atoms with E-state index < -0.39 is 0 Å². The lowest BCUT2D eigenvalue weighted by Gasteiger charge is -2.36. The van der Waals surface area contributed by atoms with E-state index in [0.717, 1.165) is 45.1 Å². The molecule has 5 heteroatoms. The number of carbonyl (C=O) groups is 1. The molecule has 3 rings (SSSR count). The number of amides is 1. The average Bonchev–Trinajstić information content (AvgIpc) is 2.87. The van der Waals surface area contributed by atoms with Gasteiger partial charge in [0, 0.05) is 38.3 Å². The molecule has 5 nitrogen and oxygen atoms in total. The number of hydrogen-bond acceptors (Lipinski definition) is 4. The van der Waals surface area contributed by atoms with Crippen LogP contribution >= 0.6 is 0 Å². The van der Waals surface area contributed by atoms with Gasteiger partial charge in [0.15, 0.2) is 0 Å². The number of piperidine rings is 1. The van der Waals surface area contributed by atoms with Crippen molar-refractivity contribution in [2.45, 2.75) is 43.8 Å². The van der Waals surface area contributed by atoms with Crippen LogP contribution in [0, 0.1) is 0 Å². The molecule has 0 saturated carbocycles. The van der Waals surface area contributed by atoms with Gasteiger partial charge in [-0.2, -0.15) is 0 Å². The van der Waals surface area contributed by atoms with Crippen LogP contribution in [0.1, 0.15) is 25.7 Å². The van der Waals surface area contributed by atoms with E-state index in [0.29, 0.717) is 6.04 Å². The Morgan fingerprint density at radius 2 is 2.17 bits per heavy atom.